The standard InChI is InChI=1S/C15H22N4/c1-3-4-6-11-14(16-2)15-12-17-18-19(15)13-9-7-5-8-10-13/h5,7-10,12,14,16H,3-4,6,11H2,1-2H3. The minimum atomic E-state index is 0.307. The molecule has 1 unspecified atom stereocenters. The van der Waals surface area contributed by atoms with E-state index in [2.05, 4.69) is 34.7 Å². The molecule has 0 saturated carbocycles. The van der Waals surface area contributed by atoms with Gasteiger partial charge in [-0.15, -0.1) is 5.10 Å². The molecule has 0 bridgehead atoms. The van der Waals surface area contributed by atoms with Gasteiger partial charge in [0.05, 0.1) is 23.6 Å². The Kier molecular flexibility index (Phi) is 5.10. The number of rotatable bonds is 7. The van der Waals surface area contributed by atoms with E-state index in [9.17, 15) is 0 Å². The zero-order valence-corrected chi connectivity index (χ0v) is 11.7. The first-order chi connectivity index (χ1) is 9.36. The number of unbranched alkanes of at least 4 members (excludes halogenated alkanes) is 2. The van der Waals surface area contributed by atoms with Crippen molar-refractivity contribution >= 4 is 0 Å². The van der Waals surface area contributed by atoms with Crippen molar-refractivity contribution in [1.29, 1.82) is 0 Å². The topological polar surface area (TPSA) is 42.7 Å². The summed E-state index contributed by atoms with van der Waals surface area (Å²) in [6.45, 7) is 2.23. The van der Waals surface area contributed by atoms with Gasteiger partial charge >= 0.3 is 0 Å². The summed E-state index contributed by atoms with van der Waals surface area (Å²) < 4.78 is 1.92. The largest absolute Gasteiger partial charge is 0.312 e. The van der Waals surface area contributed by atoms with Crippen molar-refractivity contribution < 1.29 is 0 Å². The first-order valence-corrected chi connectivity index (χ1v) is 7.00. The molecule has 0 saturated heterocycles. The van der Waals surface area contributed by atoms with Gasteiger partial charge in [0.1, 0.15) is 0 Å². The van der Waals surface area contributed by atoms with Crippen molar-refractivity contribution in [3.05, 3.63) is 42.2 Å². The lowest BCUT2D eigenvalue weighted by atomic mass is 10.1. The van der Waals surface area contributed by atoms with Crippen LogP contribution in [-0.4, -0.2) is 22.0 Å². The summed E-state index contributed by atoms with van der Waals surface area (Å²) in [5.41, 5.74) is 2.19. The molecule has 0 spiro atoms. The van der Waals surface area contributed by atoms with E-state index in [1.165, 1.54) is 19.3 Å². The van der Waals surface area contributed by atoms with Crippen LogP contribution in [0.2, 0.25) is 0 Å². The molecule has 4 nitrogen and oxygen atoms in total. The maximum atomic E-state index is 4.21. The molecule has 1 aromatic heterocycles. The molecule has 1 heterocycles. The smallest absolute Gasteiger partial charge is 0.0815 e. The highest BCUT2D eigenvalue weighted by Crippen LogP contribution is 2.21. The molecule has 0 radical (unpaired) electrons. The Morgan fingerprint density at radius 3 is 2.68 bits per heavy atom. The van der Waals surface area contributed by atoms with Gasteiger partial charge in [-0.3, -0.25) is 0 Å². The maximum Gasteiger partial charge on any atom is 0.0815 e. The van der Waals surface area contributed by atoms with Crippen LogP contribution >= 0.6 is 0 Å². The molecule has 2 rings (SSSR count). The fourth-order valence-corrected chi connectivity index (χ4v) is 2.29. The summed E-state index contributed by atoms with van der Waals surface area (Å²) in [5, 5.41) is 11.7. The zero-order chi connectivity index (χ0) is 13.5. The van der Waals surface area contributed by atoms with E-state index in [4.69, 9.17) is 0 Å². The number of benzene rings is 1. The SMILES string of the molecule is CCCCCC(NC)c1cnnn1-c1ccccc1. The number of hydrogen-bond donors (Lipinski definition) is 1. The predicted octanol–water partition coefficient (Wildman–Crippen LogP) is 3.11. The van der Waals surface area contributed by atoms with Crippen molar-refractivity contribution in [3.8, 4) is 5.69 Å². The van der Waals surface area contributed by atoms with Crippen molar-refractivity contribution in [2.45, 2.75) is 38.6 Å². The molecule has 0 aliphatic rings. The fraction of sp³-hybridized carbons (Fsp3) is 0.467. The number of hydrogen-bond acceptors (Lipinski definition) is 3. The number of aromatic nitrogens is 3. The van der Waals surface area contributed by atoms with E-state index in [0.29, 0.717) is 6.04 Å². The third kappa shape index (κ3) is 3.41. The third-order valence-electron chi connectivity index (χ3n) is 3.38. The van der Waals surface area contributed by atoms with E-state index in [-0.39, 0.29) is 0 Å². The molecule has 19 heavy (non-hydrogen) atoms. The van der Waals surface area contributed by atoms with Gasteiger partial charge in [0.2, 0.25) is 0 Å². The molecule has 1 aromatic carbocycles. The van der Waals surface area contributed by atoms with Gasteiger partial charge in [0.25, 0.3) is 0 Å². The highest BCUT2D eigenvalue weighted by molar-refractivity contribution is 5.32. The number of para-hydroxylation sites is 1. The predicted molar refractivity (Wildman–Crippen MR) is 77.3 cm³/mol. The van der Waals surface area contributed by atoms with Gasteiger partial charge in [0.15, 0.2) is 0 Å². The Hall–Kier alpha value is -1.68. The lowest BCUT2D eigenvalue weighted by Crippen LogP contribution is -2.20. The van der Waals surface area contributed by atoms with Crippen LogP contribution in [0.1, 0.15) is 44.3 Å². The average molecular weight is 258 g/mol. The first-order valence-electron chi connectivity index (χ1n) is 7.00. The van der Waals surface area contributed by atoms with Crippen LogP contribution in [0.3, 0.4) is 0 Å². The van der Waals surface area contributed by atoms with Crippen LogP contribution in [0.4, 0.5) is 0 Å². The number of nitrogens with one attached hydrogen (secondary N) is 1. The van der Waals surface area contributed by atoms with Crippen molar-refractivity contribution in [1.82, 2.24) is 20.3 Å². The quantitative estimate of drug-likeness (QED) is 0.776. The maximum absolute atomic E-state index is 4.21. The minimum absolute atomic E-state index is 0.307. The molecule has 1 atom stereocenters. The van der Waals surface area contributed by atoms with Crippen LogP contribution < -0.4 is 5.32 Å². The van der Waals surface area contributed by atoms with E-state index in [1.54, 1.807) is 0 Å². The van der Waals surface area contributed by atoms with E-state index >= 15 is 0 Å². The molecule has 0 aliphatic carbocycles. The van der Waals surface area contributed by atoms with Crippen LogP contribution in [-0.2, 0) is 0 Å². The average Bonchev–Trinajstić information content (AvgIpc) is 2.94. The molecule has 1 N–H and O–H groups in total. The molecule has 0 amide bonds. The normalized spacial score (nSPS) is 12.5. The number of nitrogens with zero attached hydrogens (tertiary/aromatic N) is 3. The molecular formula is C15H22N4. The van der Waals surface area contributed by atoms with Crippen LogP contribution in [0.5, 0.6) is 0 Å². The van der Waals surface area contributed by atoms with Crippen LogP contribution in [0.15, 0.2) is 36.5 Å². The summed E-state index contributed by atoms with van der Waals surface area (Å²) >= 11 is 0. The lowest BCUT2D eigenvalue weighted by molar-refractivity contribution is 0.490. The summed E-state index contributed by atoms with van der Waals surface area (Å²) in [6, 6.07) is 10.5. The third-order valence-corrected chi connectivity index (χ3v) is 3.38. The molecule has 0 fully saturated rings. The molecular weight excluding hydrogens is 236 g/mol. The van der Waals surface area contributed by atoms with Crippen LogP contribution in [0.25, 0.3) is 5.69 Å². The van der Waals surface area contributed by atoms with Crippen LogP contribution in [0, 0.1) is 0 Å². The molecule has 102 valence electrons. The van der Waals surface area contributed by atoms with Gasteiger partial charge in [-0.25, -0.2) is 4.68 Å². The van der Waals surface area contributed by atoms with E-state index in [0.717, 1.165) is 17.8 Å². The Balaban J connectivity index is 2.18. The van der Waals surface area contributed by atoms with Gasteiger partial charge in [-0.2, -0.15) is 0 Å². The lowest BCUT2D eigenvalue weighted by Gasteiger charge is -2.17. The Morgan fingerprint density at radius 2 is 2.00 bits per heavy atom. The summed E-state index contributed by atoms with van der Waals surface area (Å²) in [6.07, 6.45) is 6.71. The monoisotopic (exact) mass is 258 g/mol. The minimum Gasteiger partial charge on any atom is -0.312 e. The highest BCUT2D eigenvalue weighted by Gasteiger charge is 2.15. The van der Waals surface area contributed by atoms with Gasteiger partial charge < -0.3 is 5.32 Å². The summed E-state index contributed by atoms with van der Waals surface area (Å²) in [5.74, 6) is 0. The van der Waals surface area contributed by atoms with Gasteiger partial charge in [0, 0.05) is 0 Å². The van der Waals surface area contributed by atoms with E-state index < -0.39 is 0 Å². The van der Waals surface area contributed by atoms with Gasteiger partial charge in [-0.05, 0) is 25.6 Å². The second kappa shape index (κ2) is 7.04. The first kappa shape index (κ1) is 13.7. The second-order valence-corrected chi connectivity index (χ2v) is 4.74. The molecule has 4 heteroatoms. The second-order valence-electron chi connectivity index (χ2n) is 4.74. The summed E-state index contributed by atoms with van der Waals surface area (Å²) in [7, 11) is 2.00. The Morgan fingerprint density at radius 1 is 1.21 bits per heavy atom. The van der Waals surface area contributed by atoms with E-state index in [1.807, 2.05) is 36.1 Å². The van der Waals surface area contributed by atoms with Gasteiger partial charge in [-0.1, -0.05) is 49.6 Å². The highest BCUT2D eigenvalue weighted by atomic mass is 15.4. The zero-order valence-electron chi connectivity index (χ0n) is 11.7. The molecule has 2 aromatic rings. The fourth-order valence-electron chi connectivity index (χ4n) is 2.29. The Labute approximate surface area is 114 Å². The van der Waals surface area contributed by atoms with Crippen molar-refractivity contribution in [2.24, 2.45) is 0 Å². The van der Waals surface area contributed by atoms with Crippen molar-refractivity contribution in [3.63, 3.8) is 0 Å². The Bertz CT molecular complexity index is 478. The molecule has 0 aliphatic heterocycles. The summed E-state index contributed by atoms with van der Waals surface area (Å²) in [4.78, 5) is 0. The van der Waals surface area contributed by atoms with Crippen molar-refractivity contribution in [2.75, 3.05) is 7.05 Å².